The van der Waals surface area contributed by atoms with Crippen molar-refractivity contribution in [1.82, 2.24) is 10.3 Å². The zero-order valence-corrected chi connectivity index (χ0v) is 10.7. The predicted molar refractivity (Wildman–Crippen MR) is 73.5 cm³/mol. The second-order valence-corrected chi connectivity index (χ2v) is 4.32. The van der Waals surface area contributed by atoms with Crippen LogP contribution in [0.1, 0.15) is 12.6 Å². The molecule has 0 aliphatic rings. The molecule has 0 radical (unpaired) electrons. The lowest BCUT2D eigenvalue weighted by atomic mass is 10.1. The molecule has 0 aliphatic heterocycles. The monoisotopic (exact) mass is 229 g/mol. The third-order valence-corrected chi connectivity index (χ3v) is 2.79. The Morgan fingerprint density at radius 1 is 1.24 bits per heavy atom. The van der Waals surface area contributed by atoms with Gasteiger partial charge in [-0.15, -0.1) is 0 Å². The van der Waals surface area contributed by atoms with Gasteiger partial charge in [0.1, 0.15) is 0 Å². The Morgan fingerprint density at radius 2 is 2.00 bits per heavy atom. The number of anilines is 1. The van der Waals surface area contributed by atoms with Gasteiger partial charge in [0.05, 0.1) is 11.2 Å². The average Bonchev–Trinajstić information content (AvgIpc) is 2.35. The molecule has 3 nitrogen and oxygen atoms in total. The van der Waals surface area contributed by atoms with Crippen molar-refractivity contribution in [2.45, 2.75) is 13.5 Å². The minimum absolute atomic E-state index is 0.822. The van der Waals surface area contributed by atoms with Crippen LogP contribution >= 0.6 is 0 Å². The highest BCUT2D eigenvalue weighted by atomic mass is 15.1. The van der Waals surface area contributed by atoms with Crippen molar-refractivity contribution in [2.75, 3.05) is 25.5 Å². The molecule has 0 saturated heterocycles. The zero-order chi connectivity index (χ0) is 12.3. The van der Waals surface area contributed by atoms with Crippen LogP contribution in [0, 0.1) is 0 Å². The molecule has 1 heterocycles. The predicted octanol–water partition coefficient (Wildman–Crippen LogP) is 2.41. The fourth-order valence-electron chi connectivity index (χ4n) is 1.92. The van der Waals surface area contributed by atoms with Crippen molar-refractivity contribution in [1.29, 1.82) is 0 Å². The SMILES string of the molecule is CCNCc1cc(N(C)C)c2ccccc2n1. The molecule has 2 rings (SSSR count). The Labute approximate surface area is 102 Å². The fraction of sp³-hybridized carbons (Fsp3) is 0.357. The van der Waals surface area contributed by atoms with Crippen LogP contribution < -0.4 is 10.2 Å². The van der Waals surface area contributed by atoms with E-state index in [-0.39, 0.29) is 0 Å². The standard InChI is InChI=1S/C14H19N3/c1-4-15-10-11-9-14(17(2)3)12-7-5-6-8-13(12)16-11/h5-9,15H,4,10H2,1-3H3. The highest BCUT2D eigenvalue weighted by Gasteiger charge is 2.06. The maximum Gasteiger partial charge on any atom is 0.0726 e. The van der Waals surface area contributed by atoms with Gasteiger partial charge in [-0.2, -0.15) is 0 Å². The molecule has 0 atom stereocenters. The van der Waals surface area contributed by atoms with Crippen molar-refractivity contribution >= 4 is 16.6 Å². The lowest BCUT2D eigenvalue weighted by Crippen LogP contribution is -2.15. The summed E-state index contributed by atoms with van der Waals surface area (Å²) in [5, 5.41) is 4.52. The van der Waals surface area contributed by atoms with E-state index in [1.165, 1.54) is 11.1 Å². The first-order valence-electron chi connectivity index (χ1n) is 5.99. The van der Waals surface area contributed by atoms with Crippen LogP contribution in [0.15, 0.2) is 30.3 Å². The third kappa shape index (κ3) is 2.56. The molecule has 0 aliphatic carbocycles. The van der Waals surface area contributed by atoms with Crippen LogP contribution in [0.3, 0.4) is 0 Å². The first-order chi connectivity index (χ1) is 8.22. The van der Waals surface area contributed by atoms with Gasteiger partial charge in [0.15, 0.2) is 0 Å². The van der Waals surface area contributed by atoms with E-state index in [1.807, 2.05) is 6.07 Å². The first kappa shape index (κ1) is 11.9. The molecule has 0 unspecified atom stereocenters. The van der Waals surface area contributed by atoms with Gasteiger partial charge in [0.2, 0.25) is 0 Å². The minimum Gasteiger partial charge on any atom is -0.377 e. The van der Waals surface area contributed by atoms with E-state index in [0.29, 0.717) is 0 Å². The average molecular weight is 229 g/mol. The number of rotatable bonds is 4. The summed E-state index contributed by atoms with van der Waals surface area (Å²) in [6, 6.07) is 10.4. The van der Waals surface area contributed by atoms with E-state index in [0.717, 1.165) is 24.3 Å². The van der Waals surface area contributed by atoms with Crippen molar-refractivity contribution in [3.63, 3.8) is 0 Å². The number of pyridine rings is 1. The number of hydrogen-bond acceptors (Lipinski definition) is 3. The summed E-state index contributed by atoms with van der Waals surface area (Å²) in [5.41, 5.74) is 3.38. The van der Waals surface area contributed by atoms with Crippen LogP contribution in [-0.4, -0.2) is 25.6 Å². The van der Waals surface area contributed by atoms with Gasteiger partial charge in [-0.1, -0.05) is 25.1 Å². The third-order valence-electron chi connectivity index (χ3n) is 2.79. The Bertz CT molecular complexity index is 506. The van der Waals surface area contributed by atoms with E-state index in [9.17, 15) is 0 Å². The minimum atomic E-state index is 0.822. The van der Waals surface area contributed by atoms with E-state index in [4.69, 9.17) is 0 Å². The first-order valence-corrected chi connectivity index (χ1v) is 5.99. The second kappa shape index (κ2) is 5.15. The van der Waals surface area contributed by atoms with E-state index >= 15 is 0 Å². The highest BCUT2D eigenvalue weighted by Crippen LogP contribution is 2.25. The van der Waals surface area contributed by atoms with E-state index in [1.54, 1.807) is 0 Å². The number of nitrogens with one attached hydrogen (secondary N) is 1. The summed E-state index contributed by atoms with van der Waals surface area (Å²) >= 11 is 0. The smallest absolute Gasteiger partial charge is 0.0726 e. The number of nitrogens with zero attached hydrogens (tertiary/aromatic N) is 2. The van der Waals surface area contributed by atoms with Crippen molar-refractivity contribution in [2.24, 2.45) is 0 Å². The normalized spacial score (nSPS) is 10.8. The van der Waals surface area contributed by atoms with Gasteiger partial charge in [-0.3, -0.25) is 4.98 Å². The van der Waals surface area contributed by atoms with Gasteiger partial charge >= 0.3 is 0 Å². The van der Waals surface area contributed by atoms with Crippen molar-refractivity contribution in [3.05, 3.63) is 36.0 Å². The molecule has 1 N–H and O–H groups in total. The maximum absolute atomic E-state index is 4.67. The molecule has 0 spiro atoms. The molecule has 90 valence electrons. The molecule has 0 saturated carbocycles. The Hall–Kier alpha value is -1.61. The fourth-order valence-corrected chi connectivity index (χ4v) is 1.92. The van der Waals surface area contributed by atoms with Crippen LogP contribution in [0.5, 0.6) is 0 Å². The molecule has 1 aromatic carbocycles. The second-order valence-electron chi connectivity index (χ2n) is 4.32. The molecule has 3 heteroatoms. The number of fused-ring (bicyclic) bond motifs is 1. The van der Waals surface area contributed by atoms with Crippen LogP contribution in [0.25, 0.3) is 10.9 Å². The molecule has 1 aromatic heterocycles. The molecule has 0 fully saturated rings. The van der Waals surface area contributed by atoms with E-state index in [2.05, 4.69) is 60.5 Å². The van der Waals surface area contributed by atoms with E-state index < -0.39 is 0 Å². The summed E-state index contributed by atoms with van der Waals surface area (Å²) in [5.74, 6) is 0. The topological polar surface area (TPSA) is 28.2 Å². The Morgan fingerprint density at radius 3 is 2.71 bits per heavy atom. The lowest BCUT2D eigenvalue weighted by molar-refractivity contribution is 0.713. The molecule has 0 bridgehead atoms. The molecular formula is C14H19N3. The summed E-state index contributed by atoms with van der Waals surface area (Å²) in [7, 11) is 4.14. The summed E-state index contributed by atoms with van der Waals surface area (Å²) in [6.07, 6.45) is 0. The number of hydrogen-bond donors (Lipinski definition) is 1. The zero-order valence-electron chi connectivity index (χ0n) is 10.7. The lowest BCUT2D eigenvalue weighted by Gasteiger charge is -2.16. The summed E-state index contributed by atoms with van der Waals surface area (Å²) < 4.78 is 0. The Balaban J connectivity index is 2.51. The van der Waals surface area contributed by atoms with Crippen LogP contribution in [0.4, 0.5) is 5.69 Å². The van der Waals surface area contributed by atoms with Crippen LogP contribution in [-0.2, 0) is 6.54 Å². The number of benzene rings is 1. The number of para-hydroxylation sites is 1. The highest BCUT2D eigenvalue weighted by molar-refractivity contribution is 5.91. The summed E-state index contributed by atoms with van der Waals surface area (Å²) in [6.45, 7) is 3.89. The van der Waals surface area contributed by atoms with Gasteiger partial charge in [0.25, 0.3) is 0 Å². The van der Waals surface area contributed by atoms with Crippen LogP contribution in [0.2, 0.25) is 0 Å². The van der Waals surface area contributed by atoms with Gasteiger partial charge in [-0.05, 0) is 18.7 Å². The van der Waals surface area contributed by atoms with Gasteiger partial charge in [0, 0.05) is 31.7 Å². The van der Waals surface area contributed by atoms with Gasteiger partial charge < -0.3 is 10.2 Å². The summed E-state index contributed by atoms with van der Waals surface area (Å²) in [4.78, 5) is 6.80. The Kier molecular flexibility index (Phi) is 3.59. The van der Waals surface area contributed by atoms with Crippen molar-refractivity contribution < 1.29 is 0 Å². The molecule has 2 aromatic rings. The number of aromatic nitrogens is 1. The van der Waals surface area contributed by atoms with Crippen molar-refractivity contribution in [3.8, 4) is 0 Å². The molecule has 0 amide bonds. The molecular weight excluding hydrogens is 210 g/mol. The quantitative estimate of drug-likeness (QED) is 0.872. The largest absolute Gasteiger partial charge is 0.377 e. The maximum atomic E-state index is 4.67. The van der Waals surface area contributed by atoms with Gasteiger partial charge in [-0.25, -0.2) is 0 Å². The molecule has 17 heavy (non-hydrogen) atoms.